The van der Waals surface area contributed by atoms with Crippen molar-refractivity contribution in [3.8, 4) is 11.3 Å². The molecule has 1 aromatic heterocycles. The molecule has 2 aromatic rings. The van der Waals surface area contributed by atoms with Crippen LogP contribution in [0.2, 0.25) is 0 Å². The van der Waals surface area contributed by atoms with Crippen molar-refractivity contribution in [1.82, 2.24) is 9.97 Å². The molecule has 0 amide bonds. The second-order valence-corrected chi connectivity index (χ2v) is 5.33. The molecular weight excluding hydrogens is 276 g/mol. The van der Waals surface area contributed by atoms with Crippen molar-refractivity contribution in [1.29, 1.82) is 0 Å². The van der Waals surface area contributed by atoms with Gasteiger partial charge in [0.25, 0.3) is 0 Å². The topological polar surface area (TPSA) is 25.8 Å². The molecule has 0 saturated carbocycles. The van der Waals surface area contributed by atoms with Crippen molar-refractivity contribution in [3.63, 3.8) is 0 Å². The lowest BCUT2D eigenvalue weighted by molar-refractivity contribution is 0.768. The summed E-state index contributed by atoms with van der Waals surface area (Å²) in [5.41, 5.74) is 3.14. The van der Waals surface area contributed by atoms with E-state index >= 15 is 0 Å². The highest BCUT2D eigenvalue weighted by Gasteiger charge is 2.07. The van der Waals surface area contributed by atoms with Crippen LogP contribution >= 0.6 is 15.9 Å². The average Bonchev–Trinajstić information content (AvgIpc) is 2.29. The minimum absolute atomic E-state index is 0.351. The van der Waals surface area contributed by atoms with E-state index in [2.05, 4.69) is 51.9 Å². The number of aromatic nitrogens is 2. The van der Waals surface area contributed by atoms with Crippen LogP contribution in [0, 0.1) is 6.92 Å². The van der Waals surface area contributed by atoms with Gasteiger partial charge in [-0.25, -0.2) is 9.97 Å². The highest BCUT2D eigenvalue weighted by atomic mass is 79.9. The maximum atomic E-state index is 4.61. The first kappa shape index (κ1) is 12.2. The number of benzene rings is 1. The molecule has 0 aliphatic carbocycles. The zero-order valence-corrected chi connectivity index (χ0v) is 11.8. The predicted molar refractivity (Wildman–Crippen MR) is 74.0 cm³/mol. The molecule has 0 aliphatic rings. The monoisotopic (exact) mass is 290 g/mol. The van der Waals surface area contributed by atoms with Crippen LogP contribution in [0.1, 0.15) is 31.3 Å². The van der Waals surface area contributed by atoms with Crippen LogP contribution in [0.25, 0.3) is 11.3 Å². The van der Waals surface area contributed by atoms with Crippen LogP contribution < -0.4 is 0 Å². The van der Waals surface area contributed by atoms with E-state index in [9.17, 15) is 0 Å². The molecule has 0 unspecified atom stereocenters. The van der Waals surface area contributed by atoms with E-state index in [4.69, 9.17) is 0 Å². The van der Waals surface area contributed by atoms with Crippen molar-refractivity contribution >= 4 is 15.9 Å². The normalized spacial score (nSPS) is 10.9. The number of aryl methyl sites for hydroxylation is 1. The lowest BCUT2D eigenvalue weighted by atomic mass is 10.1. The highest BCUT2D eigenvalue weighted by Crippen LogP contribution is 2.22. The van der Waals surface area contributed by atoms with Crippen LogP contribution in [0.15, 0.2) is 34.8 Å². The Morgan fingerprint density at radius 3 is 2.29 bits per heavy atom. The number of halogens is 1. The Labute approximate surface area is 110 Å². The van der Waals surface area contributed by atoms with Crippen molar-refractivity contribution < 1.29 is 0 Å². The van der Waals surface area contributed by atoms with Crippen molar-refractivity contribution in [2.45, 2.75) is 26.7 Å². The zero-order valence-electron chi connectivity index (χ0n) is 10.2. The molecular formula is C14H15BrN2. The van der Waals surface area contributed by atoms with Crippen LogP contribution in [-0.4, -0.2) is 9.97 Å². The van der Waals surface area contributed by atoms with E-state index in [-0.39, 0.29) is 0 Å². The first-order valence-electron chi connectivity index (χ1n) is 5.68. The molecule has 0 saturated heterocycles. The van der Waals surface area contributed by atoms with E-state index < -0.39 is 0 Å². The summed E-state index contributed by atoms with van der Waals surface area (Å²) < 4.78 is 1.08. The third kappa shape index (κ3) is 2.91. The summed E-state index contributed by atoms with van der Waals surface area (Å²) in [4.78, 5) is 9.06. The van der Waals surface area contributed by atoms with Gasteiger partial charge in [-0.1, -0.05) is 41.9 Å². The molecule has 0 spiro atoms. The molecule has 88 valence electrons. The predicted octanol–water partition coefficient (Wildman–Crippen LogP) is 4.34. The Kier molecular flexibility index (Phi) is 3.57. The maximum absolute atomic E-state index is 4.61. The molecule has 1 aromatic carbocycles. The minimum atomic E-state index is 0.351. The summed E-state index contributed by atoms with van der Waals surface area (Å²) in [5.74, 6) is 1.26. The third-order valence-electron chi connectivity index (χ3n) is 2.53. The van der Waals surface area contributed by atoms with Gasteiger partial charge in [0.15, 0.2) is 0 Å². The molecule has 1 heterocycles. The Hall–Kier alpha value is -1.22. The lowest BCUT2D eigenvalue weighted by Gasteiger charge is -2.08. The molecule has 0 radical (unpaired) electrons. The summed E-state index contributed by atoms with van der Waals surface area (Å²) in [6.45, 7) is 6.23. The Morgan fingerprint density at radius 2 is 1.71 bits per heavy atom. The van der Waals surface area contributed by atoms with Gasteiger partial charge in [0.05, 0.1) is 5.69 Å². The molecule has 2 rings (SSSR count). The molecule has 17 heavy (non-hydrogen) atoms. The molecule has 0 aliphatic heterocycles. The van der Waals surface area contributed by atoms with Gasteiger partial charge in [0, 0.05) is 21.6 Å². The number of hydrogen-bond donors (Lipinski definition) is 0. The van der Waals surface area contributed by atoms with E-state index in [1.165, 1.54) is 0 Å². The lowest BCUT2D eigenvalue weighted by Crippen LogP contribution is -2.00. The first-order valence-corrected chi connectivity index (χ1v) is 6.47. The fourth-order valence-corrected chi connectivity index (χ4v) is 1.88. The van der Waals surface area contributed by atoms with Crippen LogP contribution in [0.3, 0.4) is 0 Å². The largest absolute Gasteiger partial charge is 0.238 e. The van der Waals surface area contributed by atoms with Gasteiger partial charge in [-0.2, -0.15) is 0 Å². The molecule has 3 heteroatoms. The fourth-order valence-electron chi connectivity index (χ4n) is 1.62. The van der Waals surface area contributed by atoms with Crippen molar-refractivity contribution in [3.05, 3.63) is 46.3 Å². The van der Waals surface area contributed by atoms with Gasteiger partial charge in [0.2, 0.25) is 0 Å². The molecule has 0 bridgehead atoms. The van der Waals surface area contributed by atoms with Crippen LogP contribution in [-0.2, 0) is 0 Å². The van der Waals surface area contributed by atoms with Gasteiger partial charge in [-0.3, -0.25) is 0 Å². The third-order valence-corrected chi connectivity index (χ3v) is 3.06. The minimum Gasteiger partial charge on any atom is -0.238 e. The molecule has 2 nitrogen and oxygen atoms in total. The van der Waals surface area contributed by atoms with E-state index in [1.807, 2.05) is 25.1 Å². The maximum Gasteiger partial charge on any atom is 0.131 e. The van der Waals surface area contributed by atoms with Gasteiger partial charge >= 0.3 is 0 Å². The number of rotatable bonds is 2. The second kappa shape index (κ2) is 4.96. The van der Waals surface area contributed by atoms with Gasteiger partial charge in [0.1, 0.15) is 5.82 Å². The molecule has 0 fully saturated rings. The standard InChI is InChI=1S/C14H15BrN2/c1-9(2)14-16-10(3)8-13(17-14)11-4-6-12(15)7-5-11/h4-9H,1-3H3. The Bertz CT molecular complexity index is 518. The van der Waals surface area contributed by atoms with Crippen molar-refractivity contribution in [2.75, 3.05) is 0 Å². The summed E-state index contributed by atoms with van der Waals surface area (Å²) in [7, 11) is 0. The summed E-state index contributed by atoms with van der Waals surface area (Å²) in [6, 6.07) is 10.2. The number of hydrogen-bond acceptors (Lipinski definition) is 2. The van der Waals surface area contributed by atoms with Gasteiger partial charge in [-0.05, 0) is 25.1 Å². The first-order chi connectivity index (χ1) is 8.06. The average molecular weight is 291 g/mol. The smallest absolute Gasteiger partial charge is 0.131 e. The molecule has 0 N–H and O–H groups in total. The van der Waals surface area contributed by atoms with Crippen molar-refractivity contribution in [2.24, 2.45) is 0 Å². The Balaban J connectivity index is 2.48. The van der Waals surface area contributed by atoms with Gasteiger partial charge < -0.3 is 0 Å². The summed E-state index contributed by atoms with van der Waals surface area (Å²) in [6.07, 6.45) is 0. The fraction of sp³-hybridized carbons (Fsp3) is 0.286. The van der Waals surface area contributed by atoms with E-state index in [1.54, 1.807) is 0 Å². The number of nitrogens with zero attached hydrogens (tertiary/aromatic N) is 2. The van der Waals surface area contributed by atoms with Gasteiger partial charge in [-0.15, -0.1) is 0 Å². The highest BCUT2D eigenvalue weighted by molar-refractivity contribution is 9.10. The quantitative estimate of drug-likeness (QED) is 0.822. The van der Waals surface area contributed by atoms with Crippen LogP contribution in [0.4, 0.5) is 0 Å². The van der Waals surface area contributed by atoms with Crippen LogP contribution in [0.5, 0.6) is 0 Å². The molecule has 0 atom stereocenters. The zero-order chi connectivity index (χ0) is 12.4. The summed E-state index contributed by atoms with van der Waals surface area (Å²) in [5, 5.41) is 0. The van der Waals surface area contributed by atoms with E-state index in [0.717, 1.165) is 27.2 Å². The SMILES string of the molecule is Cc1cc(-c2ccc(Br)cc2)nc(C(C)C)n1. The van der Waals surface area contributed by atoms with E-state index in [0.29, 0.717) is 5.92 Å². The second-order valence-electron chi connectivity index (χ2n) is 4.41. The summed E-state index contributed by atoms with van der Waals surface area (Å²) >= 11 is 3.44. The Morgan fingerprint density at radius 1 is 1.06 bits per heavy atom.